The van der Waals surface area contributed by atoms with Crippen molar-refractivity contribution in [3.8, 4) is 5.75 Å². The zero-order valence-electron chi connectivity index (χ0n) is 10.4. The number of hydrogen-bond donors (Lipinski definition) is 0. The standard InChI is InChI=1S/C13H19FO3/c1-11-4-5-12(14)13(10-11)17-9-8-16-7-3-6-15-2/h4-5,10H,3,6-9H2,1-2H3. The van der Waals surface area contributed by atoms with Crippen LogP contribution in [0.2, 0.25) is 0 Å². The van der Waals surface area contributed by atoms with E-state index in [1.54, 1.807) is 19.2 Å². The monoisotopic (exact) mass is 242 g/mol. The van der Waals surface area contributed by atoms with Gasteiger partial charge in [0.1, 0.15) is 6.61 Å². The Kier molecular flexibility index (Phi) is 6.58. The molecule has 0 saturated heterocycles. The maximum absolute atomic E-state index is 13.3. The van der Waals surface area contributed by atoms with Crippen LogP contribution in [0, 0.1) is 12.7 Å². The minimum atomic E-state index is -0.338. The van der Waals surface area contributed by atoms with Crippen LogP contribution in [0.4, 0.5) is 4.39 Å². The third-order valence-electron chi connectivity index (χ3n) is 2.21. The number of aryl methyl sites for hydroxylation is 1. The lowest BCUT2D eigenvalue weighted by molar-refractivity contribution is 0.0797. The van der Waals surface area contributed by atoms with Gasteiger partial charge in [-0.1, -0.05) is 6.07 Å². The van der Waals surface area contributed by atoms with Gasteiger partial charge in [-0.25, -0.2) is 4.39 Å². The van der Waals surface area contributed by atoms with Crippen molar-refractivity contribution >= 4 is 0 Å². The fourth-order valence-corrected chi connectivity index (χ4v) is 1.34. The maximum Gasteiger partial charge on any atom is 0.165 e. The summed E-state index contributed by atoms with van der Waals surface area (Å²) in [6, 6.07) is 4.80. The van der Waals surface area contributed by atoms with E-state index in [0.29, 0.717) is 26.4 Å². The van der Waals surface area contributed by atoms with Crippen LogP contribution in [0.25, 0.3) is 0 Å². The van der Waals surface area contributed by atoms with Gasteiger partial charge in [0, 0.05) is 20.3 Å². The highest BCUT2D eigenvalue weighted by molar-refractivity contribution is 5.29. The van der Waals surface area contributed by atoms with Gasteiger partial charge in [0.15, 0.2) is 11.6 Å². The third kappa shape index (κ3) is 5.65. The number of benzene rings is 1. The largest absolute Gasteiger partial charge is 0.488 e. The second-order valence-electron chi connectivity index (χ2n) is 3.74. The van der Waals surface area contributed by atoms with Crippen molar-refractivity contribution in [1.29, 1.82) is 0 Å². The molecule has 3 nitrogen and oxygen atoms in total. The smallest absolute Gasteiger partial charge is 0.165 e. The molecular weight excluding hydrogens is 223 g/mol. The van der Waals surface area contributed by atoms with Gasteiger partial charge in [-0.3, -0.25) is 0 Å². The zero-order valence-corrected chi connectivity index (χ0v) is 10.4. The molecule has 17 heavy (non-hydrogen) atoms. The van der Waals surface area contributed by atoms with Crippen LogP contribution in [0.1, 0.15) is 12.0 Å². The van der Waals surface area contributed by atoms with E-state index in [0.717, 1.165) is 12.0 Å². The van der Waals surface area contributed by atoms with Crippen molar-refractivity contribution in [3.05, 3.63) is 29.6 Å². The summed E-state index contributed by atoms with van der Waals surface area (Å²) in [7, 11) is 1.66. The normalized spacial score (nSPS) is 10.5. The van der Waals surface area contributed by atoms with E-state index in [9.17, 15) is 4.39 Å². The topological polar surface area (TPSA) is 27.7 Å². The highest BCUT2D eigenvalue weighted by Crippen LogP contribution is 2.17. The van der Waals surface area contributed by atoms with Crippen molar-refractivity contribution in [1.82, 2.24) is 0 Å². The molecule has 1 rings (SSSR count). The molecule has 96 valence electrons. The van der Waals surface area contributed by atoms with Crippen LogP contribution in [-0.2, 0) is 9.47 Å². The summed E-state index contributed by atoms with van der Waals surface area (Å²) in [4.78, 5) is 0. The molecule has 0 heterocycles. The average molecular weight is 242 g/mol. The number of rotatable bonds is 8. The van der Waals surface area contributed by atoms with Gasteiger partial charge in [0.2, 0.25) is 0 Å². The molecule has 0 aliphatic heterocycles. The van der Waals surface area contributed by atoms with E-state index < -0.39 is 0 Å². The Morgan fingerprint density at radius 2 is 1.94 bits per heavy atom. The molecule has 0 radical (unpaired) electrons. The Labute approximate surface area is 101 Å². The van der Waals surface area contributed by atoms with Gasteiger partial charge in [-0.2, -0.15) is 0 Å². The maximum atomic E-state index is 13.3. The van der Waals surface area contributed by atoms with Crippen LogP contribution in [0.15, 0.2) is 18.2 Å². The Morgan fingerprint density at radius 1 is 1.12 bits per heavy atom. The summed E-state index contributed by atoms with van der Waals surface area (Å²) in [5.74, 6) is -0.0551. The first-order chi connectivity index (χ1) is 8.24. The van der Waals surface area contributed by atoms with Crippen LogP contribution < -0.4 is 4.74 Å². The molecule has 1 aromatic rings. The van der Waals surface area contributed by atoms with E-state index >= 15 is 0 Å². The Morgan fingerprint density at radius 3 is 2.71 bits per heavy atom. The van der Waals surface area contributed by atoms with Gasteiger partial charge in [0.25, 0.3) is 0 Å². The van der Waals surface area contributed by atoms with E-state index in [-0.39, 0.29) is 11.6 Å². The number of ether oxygens (including phenoxy) is 3. The first-order valence-electron chi connectivity index (χ1n) is 5.69. The van der Waals surface area contributed by atoms with Gasteiger partial charge in [0.05, 0.1) is 6.61 Å². The van der Waals surface area contributed by atoms with Crippen molar-refractivity contribution < 1.29 is 18.6 Å². The van der Waals surface area contributed by atoms with Crippen molar-refractivity contribution in [2.75, 3.05) is 33.5 Å². The highest BCUT2D eigenvalue weighted by atomic mass is 19.1. The number of methoxy groups -OCH3 is 1. The molecule has 0 unspecified atom stereocenters. The lowest BCUT2D eigenvalue weighted by Crippen LogP contribution is -2.09. The second-order valence-corrected chi connectivity index (χ2v) is 3.74. The molecule has 1 aromatic carbocycles. The molecule has 0 saturated carbocycles. The van der Waals surface area contributed by atoms with E-state index in [1.165, 1.54) is 6.07 Å². The molecule has 0 amide bonds. The summed E-state index contributed by atoms with van der Waals surface area (Å²) < 4.78 is 28.7. The fourth-order valence-electron chi connectivity index (χ4n) is 1.34. The average Bonchev–Trinajstić information content (AvgIpc) is 2.32. The highest BCUT2D eigenvalue weighted by Gasteiger charge is 2.02. The molecule has 0 atom stereocenters. The predicted molar refractivity (Wildman–Crippen MR) is 63.9 cm³/mol. The summed E-state index contributed by atoms with van der Waals surface area (Å²) >= 11 is 0. The van der Waals surface area contributed by atoms with Crippen molar-refractivity contribution in [2.24, 2.45) is 0 Å². The first kappa shape index (κ1) is 13.9. The second kappa shape index (κ2) is 8.03. The van der Waals surface area contributed by atoms with Gasteiger partial charge in [-0.05, 0) is 31.0 Å². The molecule has 0 spiro atoms. The lowest BCUT2D eigenvalue weighted by atomic mass is 10.2. The van der Waals surface area contributed by atoms with E-state index in [4.69, 9.17) is 14.2 Å². The van der Waals surface area contributed by atoms with Crippen LogP contribution in [0.3, 0.4) is 0 Å². The van der Waals surface area contributed by atoms with Gasteiger partial charge < -0.3 is 14.2 Å². The van der Waals surface area contributed by atoms with E-state index in [2.05, 4.69) is 0 Å². The zero-order chi connectivity index (χ0) is 12.5. The van der Waals surface area contributed by atoms with Crippen LogP contribution in [-0.4, -0.2) is 33.5 Å². The Balaban J connectivity index is 2.15. The van der Waals surface area contributed by atoms with Crippen LogP contribution >= 0.6 is 0 Å². The SMILES string of the molecule is COCCCOCCOc1cc(C)ccc1F. The quantitative estimate of drug-likeness (QED) is 0.656. The van der Waals surface area contributed by atoms with Crippen molar-refractivity contribution in [3.63, 3.8) is 0 Å². The molecule has 0 N–H and O–H groups in total. The lowest BCUT2D eigenvalue weighted by Gasteiger charge is -2.08. The van der Waals surface area contributed by atoms with Gasteiger partial charge in [-0.15, -0.1) is 0 Å². The minimum Gasteiger partial charge on any atom is -0.488 e. The number of hydrogen-bond acceptors (Lipinski definition) is 3. The minimum absolute atomic E-state index is 0.283. The molecular formula is C13H19FO3. The summed E-state index contributed by atoms with van der Waals surface area (Å²) in [5, 5.41) is 0. The van der Waals surface area contributed by atoms with E-state index in [1.807, 2.05) is 6.92 Å². The molecule has 4 heteroatoms. The Bertz CT molecular complexity index is 328. The molecule has 0 fully saturated rings. The number of halogens is 1. The third-order valence-corrected chi connectivity index (χ3v) is 2.21. The summed E-state index contributed by atoms with van der Waals surface area (Å²) in [6.45, 7) is 4.03. The predicted octanol–water partition coefficient (Wildman–Crippen LogP) is 2.57. The summed E-state index contributed by atoms with van der Waals surface area (Å²) in [5.41, 5.74) is 0.974. The Hall–Kier alpha value is -1.13. The van der Waals surface area contributed by atoms with Crippen molar-refractivity contribution in [2.45, 2.75) is 13.3 Å². The first-order valence-corrected chi connectivity index (χ1v) is 5.69. The molecule has 0 bridgehead atoms. The molecule has 0 aliphatic rings. The van der Waals surface area contributed by atoms with Gasteiger partial charge >= 0.3 is 0 Å². The molecule has 0 aromatic heterocycles. The van der Waals surface area contributed by atoms with Crippen LogP contribution in [0.5, 0.6) is 5.75 Å². The molecule has 0 aliphatic carbocycles. The summed E-state index contributed by atoms with van der Waals surface area (Å²) in [6.07, 6.45) is 0.856. The fraction of sp³-hybridized carbons (Fsp3) is 0.538.